The second-order valence-electron chi connectivity index (χ2n) is 13.3. The first-order chi connectivity index (χ1) is 22.5. The molecular formula is C37H78N6O4. The Kier molecular flexibility index (Phi) is 34.4. The molecule has 0 aromatic heterocycles. The normalized spacial score (nSPS) is 13.2. The topological polar surface area (TPSA) is 115 Å². The summed E-state index contributed by atoms with van der Waals surface area (Å²) in [5, 5.41) is 12.3. The number of carbonyl (C=O) groups excluding carboxylic acids is 3. The third-order valence-corrected chi connectivity index (χ3v) is 7.65. The van der Waals surface area contributed by atoms with Crippen LogP contribution in [0.5, 0.6) is 0 Å². The summed E-state index contributed by atoms with van der Waals surface area (Å²) in [7, 11) is 0. The molecule has 1 aliphatic heterocycles. The number of amides is 3. The molecule has 1 heterocycles. The molecule has 10 heteroatoms. The maximum Gasteiger partial charge on any atom is 0.222 e. The fraction of sp³-hybridized carbons (Fsp3) is 0.919. The van der Waals surface area contributed by atoms with Gasteiger partial charge in [0.2, 0.25) is 17.7 Å². The molecule has 0 radical (unpaired) electrons. The third-order valence-electron chi connectivity index (χ3n) is 7.65. The molecule has 0 spiro atoms. The van der Waals surface area contributed by atoms with Gasteiger partial charge in [-0.3, -0.25) is 19.3 Å². The second kappa shape index (κ2) is 34.1. The molecule has 0 aromatic rings. The van der Waals surface area contributed by atoms with Crippen molar-refractivity contribution in [3.05, 3.63) is 0 Å². The summed E-state index contributed by atoms with van der Waals surface area (Å²) in [6, 6.07) is 1.02. The highest BCUT2D eigenvalue weighted by Gasteiger charge is 2.20. The Hall–Kier alpha value is -1.75. The first-order valence-corrected chi connectivity index (χ1v) is 19.1. The number of nitrogens with one attached hydrogen (secondary N) is 4. The van der Waals surface area contributed by atoms with E-state index in [4.69, 9.17) is 4.74 Å². The molecule has 1 aliphatic rings. The molecule has 10 nitrogen and oxygen atoms in total. The summed E-state index contributed by atoms with van der Waals surface area (Å²) in [5.41, 5.74) is 0. The molecule has 1 fully saturated rings. The van der Waals surface area contributed by atoms with E-state index in [1.165, 1.54) is 32.2 Å². The zero-order valence-corrected chi connectivity index (χ0v) is 32.3. The van der Waals surface area contributed by atoms with Crippen LogP contribution in [-0.4, -0.2) is 112 Å². The van der Waals surface area contributed by atoms with Crippen LogP contribution >= 0.6 is 0 Å². The van der Waals surface area contributed by atoms with Gasteiger partial charge in [0.05, 0.1) is 13.2 Å². The molecule has 0 saturated carbocycles. The first-order valence-electron chi connectivity index (χ1n) is 19.1. The Balaban J connectivity index is 0. The summed E-state index contributed by atoms with van der Waals surface area (Å²) in [5.74, 6) is 0.859. The van der Waals surface area contributed by atoms with E-state index in [0.29, 0.717) is 50.2 Å². The van der Waals surface area contributed by atoms with E-state index >= 15 is 0 Å². The fourth-order valence-electron chi connectivity index (χ4n) is 4.86. The van der Waals surface area contributed by atoms with Crippen molar-refractivity contribution in [1.29, 1.82) is 0 Å². The van der Waals surface area contributed by atoms with E-state index in [9.17, 15) is 14.4 Å². The third kappa shape index (κ3) is 33.9. The van der Waals surface area contributed by atoms with Crippen LogP contribution in [0.25, 0.3) is 0 Å². The van der Waals surface area contributed by atoms with Gasteiger partial charge in [-0.05, 0) is 51.1 Å². The molecular weight excluding hydrogens is 592 g/mol. The van der Waals surface area contributed by atoms with Crippen LogP contribution in [0.3, 0.4) is 0 Å². The Morgan fingerprint density at radius 2 is 1.21 bits per heavy atom. The van der Waals surface area contributed by atoms with Gasteiger partial charge in [-0.25, -0.2) is 0 Å². The van der Waals surface area contributed by atoms with E-state index in [-0.39, 0.29) is 24.7 Å². The number of unbranched alkanes of at least 4 members (excludes halogenated alkanes) is 4. The Bertz CT molecular complexity index is 728. The van der Waals surface area contributed by atoms with Crippen molar-refractivity contribution >= 4 is 17.7 Å². The van der Waals surface area contributed by atoms with Crippen LogP contribution < -0.4 is 21.3 Å². The smallest absolute Gasteiger partial charge is 0.222 e. The standard InChI is InChI=1S/C18H37N3O.C17H35N3O3.C2H6/c1-4-5-9-12-20-13-15-21(16-14-20)18(22)10-7-6-8-11-19-17(2)3;1-14(2)6-5-9-19-16(21)7-8-17(22)20-11-13-23-12-10-18-15(3)4;1-2/h17,19H,4-16H2,1-3H3;14-15,18H,5-13H2,1-4H3,(H,19,21)(H,20,22);1-2H3. The maximum absolute atomic E-state index is 12.2. The van der Waals surface area contributed by atoms with Crippen LogP contribution in [0.15, 0.2) is 0 Å². The van der Waals surface area contributed by atoms with Crippen molar-refractivity contribution in [1.82, 2.24) is 31.1 Å². The highest BCUT2D eigenvalue weighted by molar-refractivity contribution is 5.83. The SMILES string of the molecule is CC.CC(C)CCCNC(=O)CCC(=O)NCCOCCNC(C)C.CCCCCN1CCN(C(=O)CCCCCNC(C)C)CC1. The minimum absolute atomic E-state index is 0.0556. The molecule has 0 aliphatic carbocycles. The summed E-state index contributed by atoms with van der Waals surface area (Å²) in [6.45, 7) is 28.5. The lowest BCUT2D eigenvalue weighted by atomic mass is 10.1. The molecule has 4 N–H and O–H groups in total. The maximum atomic E-state index is 12.2. The number of nitrogens with zero attached hydrogens (tertiary/aromatic N) is 2. The fourth-order valence-corrected chi connectivity index (χ4v) is 4.86. The van der Waals surface area contributed by atoms with Crippen LogP contribution in [0.1, 0.15) is 133 Å². The molecule has 0 atom stereocenters. The highest BCUT2D eigenvalue weighted by Crippen LogP contribution is 2.09. The van der Waals surface area contributed by atoms with Gasteiger partial charge in [-0.15, -0.1) is 0 Å². The van der Waals surface area contributed by atoms with Crippen molar-refractivity contribution in [2.45, 2.75) is 145 Å². The first kappa shape index (κ1) is 47.4. The van der Waals surface area contributed by atoms with Gasteiger partial charge in [-0.2, -0.15) is 0 Å². The van der Waals surface area contributed by atoms with E-state index in [0.717, 1.165) is 71.4 Å². The summed E-state index contributed by atoms with van der Waals surface area (Å²) < 4.78 is 5.39. The predicted octanol–water partition coefficient (Wildman–Crippen LogP) is 5.36. The molecule has 1 saturated heterocycles. The molecule has 0 unspecified atom stereocenters. The van der Waals surface area contributed by atoms with E-state index in [1.807, 2.05) is 13.8 Å². The zero-order chi connectivity index (χ0) is 35.7. The zero-order valence-electron chi connectivity index (χ0n) is 32.3. The average molecular weight is 671 g/mol. The molecule has 47 heavy (non-hydrogen) atoms. The summed E-state index contributed by atoms with van der Waals surface area (Å²) >= 11 is 0. The Labute approximate surface area is 290 Å². The summed E-state index contributed by atoms with van der Waals surface area (Å²) in [4.78, 5) is 39.9. The van der Waals surface area contributed by atoms with Crippen LogP contribution in [0, 0.1) is 5.92 Å². The predicted molar refractivity (Wildman–Crippen MR) is 199 cm³/mol. The van der Waals surface area contributed by atoms with Gasteiger partial charge >= 0.3 is 0 Å². The van der Waals surface area contributed by atoms with E-state index < -0.39 is 0 Å². The minimum Gasteiger partial charge on any atom is -0.378 e. The van der Waals surface area contributed by atoms with Crippen LogP contribution in [0.4, 0.5) is 0 Å². The molecule has 0 aromatic carbocycles. The van der Waals surface area contributed by atoms with Gasteiger partial charge in [0, 0.05) is 77.2 Å². The number of ether oxygens (including phenoxy) is 1. The van der Waals surface area contributed by atoms with Gasteiger partial charge in [-0.1, -0.05) is 81.6 Å². The number of piperazine rings is 1. The number of rotatable bonds is 25. The minimum atomic E-state index is -0.105. The van der Waals surface area contributed by atoms with Crippen molar-refractivity contribution in [3.8, 4) is 0 Å². The largest absolute Gasteiger partial charge is 0.378 e. The van der Waals surface area contributed by atoms with E-state index in [2.05, 4.69) is 79.5 Å². The summed E-state index contributed by atoms with van der Waals surface area (Å²) in [6.07, 6.45) is 10.6. The Morgan fingerprint density at radius 1 is 0.638 bits per heavy atom. The molecule has 280 valence electrons. The lowest BCUT2D eigenvalue weighted by molar-refractivity contribution is -0.133. The monoisotopic (exact) mass is 671 g/mol. The number of hydrogen-bond acceptors (Lipinski definition) is 7. The van der Waals surface area contributed by atoms with Crippen LogP contribution in [-0.2, 0) is 19.1 Å². The molecule has 0 bridgehead atoms. The van der Waals surface area contributed by atoms with E-state index in [1.54, 1.807) is 0 Å². The highest BCUT2D eigenvalue weighted by atomic mass is 16.5. The second-order valence-corrected chi connectivity index (χ2v) is 13.3. The van der Waals surface area contributed by atoms with Crippen LogP contribution in [0.2, 0.25) is 0 Å². The van der Waals surface area contributed by atoms with Crippen molar-refractivity contribution in [2.24, 2.45) is 5.92 Å². The van der Waals surface area contributed by atoms with Gasteiger partial charge < -0.3 is 30.9 Å². The van der Waals surface area contributed by atoms with Crippen molar-refractivity contribution in [2.75, 3.05) is 72.1 Å². The average Bonchev–Trinajstić information content (AvgIpc) is 3.04. The van der Waals surface area contributed by atoms with Crippen molar-refractivity contribution < 1.29 is 19.1 Å². The molecule has 1 rings (SSSR count). The molecule has 3 amide bonds. The lowest BCUT2D eigenvalue weighted by Gasteiger charge is -2.34. The number of hydrogen-bond donors (Lipinski definition) is 4. The Morgan fingerprint density at radius 3 is 1.79 bits per heavy atom. The lowest BCUT2D eigenvalue weighted by Crippen LogP contribution is -2.48. The van der Waals surface area contributed by atoms with Crippen molar-refractivity contribution in [3.63, 3.8) is 0 Å². The van der Waals surface area contributed by atoms with Gasteiger partial charge in [0.25, 0.3) is 0 Å². The number of carbonyl (C=O) groups is 3. The van der Waals surface area contributed by atoms with Gasteiger partial charge in [0.1, 0.15) is 0 Å². The quantitative estimate of drug-likeness (QED) is 0.0968. The van der Waals surface area contributed by atoms with Gasteiger partial charge in [0.15, 0.2) is 0 Å².